The molecule has 2 aliphatic heterocycles. The summed E-state index contributed by atoms with van der Waals surface area (Å²) in [5, 5.41) is 6.79. The lowest BCUT2D eigenvalue weighted by molar-refractivity contribution is -0.142. The van der Waals surface area contributed by atoms with Crippen LogP contribution in [-0.2, 0) is 20.9 Å². The van der Waals surface area contributed by atoms with Crippen molar-refractivity contribution in [3.05, 3.63) is 59.8 Å². The predicted molar refractivity (Wildman–Crippen MR) is 123 cm³/mol. The molecule has 0 aromatic heterocycles. The quantitative estimate of drug-likeness (QED) is 0.616. The molecule has 0 atom stereocenters. The van der Waals surface area contributed by atoms with Gasteiger partial charge >= 0.3 is 5.97 Å². The molecule has 0 bridgehead atoms. The molecule has 0 aliphatic carbocycles. The number of nitrogens with one attached hydrogen (secondary N) is 2. The Morgan fingerprint density at radius 1 is 1.19 bits per heavy atom. The van der Waals surface area contributed by atoms with Crippen molar-refractivity contribution in [1.29, 1.82) is 0 Å². The molecule has 8 nitrogen and oxygen atoms in total. The molecular weight excluding hydrogens is 430 g/mol. The lowest BCUT2D eigenvalue weighted by Crippen LogP contribution is -2.25. The van der Waals surface area contributed by atoms with Gasteiger partial charge in [-0.1, -0.05) is 30.0 Å². The minimum absolute atomic E-state index is 0.0953. The fourth-order valence-electron chi connectivity index (χ4n) is 3.16. The fourth-order valence-corrected chi connectivity index (χ4v) is 3.93. The molecule has 0 saturated heterocycles. The standard InChI is InChI=1S/C23H23N3O5S/c1-2-29-23(28)11-16-10-22(26-18-6-4-3-5-17(18)25-16)32-13-21(27)24-12-15-7-8-19-20(9-15)31-14-30-19/h3-10,25H,2,11-14H2,1H3,(H,24,27). The third-order valence-electron chi connectivity index (χ3n) is 4.65. The molecule has 2 heterocycles. The molecule has 0 fully saturated rings. The molecule has 9 heteroatoms. The number of hydrogen-bond acceptors (Lipinski definition) is 8. The minimum Gasteiger partial charge on any atom is -0.466 e. The van der Waals surface area contributed by atoms with E-state index in [0.717, 1.165) is 16.9 Å². The summed E-state index contributed by atoms with van der Waals surface area (Å²) in [6.45, 7) is 2.69. The van der Waals surface area contributed by atoms with E-state index in [2.05, 4.69) is 15.6 Å². The van der Waals surface area contributed by atoms with E-state index in [1.807, 2.05) is 42.5 Å². The molecule has 0 saturated carbocycles. The molecule has 2 aromatic carbocycles. The summed E-state index contributed by atoms with van der Waals surface area (Å²) in [7, 11) is 0. The Morgan fingerprint density at radius 2 is 2.03 bits per heavy atom. The second-order valence-electron chi connectivity index (χ2n) is 7.00. The molecule has 0 unspecified atom stereocenters. The highest BCUT2D eigenvalue weighted by Crippen LogP contribution is 2.33. The summed E-state index contributed by atoms with van der Waals surface area (Å²) < 4.78 is 15.7. The maximum absolute atomic E-state index is 12.4. The Bertz CT molecular complexity index is 1080. The van der Waals surface area contributed by atoms with E-state index in [1.54, 1.807) is 13.0 Å². The molecule has 2 aromatic rings. The first-order valence-corrected chi connectivity index (χ1v) is 11.2. The van der Waals surface area contributed by atoms with E-state index in [-0.39, 0.29) is 30.8 Å². The number of rotatable bonds is 7. The van der Waals surface area contributed by atoms with E-state index >= 15 is 0 Å². The van der Waals surface area contributed by atoms with Crippen LogP contribution in [0, 0.1) is 0 Å². The highest BCUT2D eigenvalue weighted by atomic mass is 32.2. The Hall–Kier alpha value is -3.46. The van der Waals surface area contributed by atoms with Crippen LogP contribution in [0.4, 0.5) is 11.4 Å². The van der Waals surface area contributed by atoms with E-state index in [1.165, 1.54) is 11.8 Å². The number of benzene rings is 2. The molecule has 4 rings (SSSR count). The molecule has 0 radical (unpaired) electrons. The zero-order valence-corrected chi connectivity index (χ0v) is 18.4. The number of nitrogens with zero attached hydrogens (tertiary/aromatic N) is 1. The van der Waals surface area contributed by atoms with Gasteiger partial charge < -0.3 is 24.8 Å². The number of ether oxygens (including phenoxy) is 3. The number of carbonyl (C=O) groups excluding carboxylic acids is 2. The topological polar surface area (TPSA) is 98.3 Å². The number of thioether (sulfide) groups is 1. The van der Waals surface area contributed by atoms with Crippen LogP contribution in [0.15, 0.2) is 59.2 Å². The van der Waals surface area contributed by atoms with Crippen LogP contribution in [0.25, 0.3) is 0 Å². The van der Waals surface area contributed by atoms with Crippen molar-refractivity contribution in [3.8, 4) is 11.5 Å². The van der Waals surface area contributed by atoms with E-state index in [4.69, 9.17) is 14.2 Å². The van der Waals surface area contributed by atoms with Gasteiger partial charge in [0.2, 0.25) is 12.7 Å². The van der Waals surface area contributed by atoms with Crippen LogP contribution in [0.2, 0.25) is 0 Å². The number of hydrogen-bond donors (Lipinski definition) is 2. The van der Waals surface area contributed by atoms with Crippen LogP contribution < -0.4 is 20.1 Å². The van der Waals surface area contributed by atoms with Crippen LogP contribution in [-0.4, -0.2) is 36.1 Å². The van der Waals surface area contributed by atoms with Crippen molar-refractivity contribution >= 4 is 40.1 Å². The number of carbonyl (C=O) groups is 2. The Morgan fingerprint density at radius 3 is 2.91 bits per heavy atom. The van der Waals surface area contributed by atoms with Gasteiger partial charge in [0.15, 0.2) is 11.5 Å². The van der Waals surface area contributed by atoms with Crippen LogP contribution in [0.1, 0.15) is 18.9 Å². The normalized spacial score (nSPS) is 13.8. The molecule has 1 amide bonds. The van der Waals surface area contributed by atoms with Crippen molar-refractivity contribution in [2.75, 3.05) is 24.5 Å². The molecule has 2 N–H and O–H groups in total. The van der Waals surface area contributed by atoms with E-state index < -0.39 is 0 Å². The lowest BCUT2D eigenvalue weighted by atomic mass is 10.2. The van der Waals surface area contributed by atoms with Gasteiger partial charge in [0.05, 0.1) is 35.2 Å². The van der Waals surface area contributed by atoms with Crippen molar-refractivity contribution in [2.45, 2.75) is 19.9 Å². The maximum atomic E-state index is 12.4. The van der Waals surface area contributed by atoms with Crippen molar-refractivity contribution in [2.24, 2.45) is 4.99 Å². The summed E-state index contributed by atoms with van der Waals surface area (Å²) >= 11 is 1.31. The highest BCUT2D eigenvalue weighted by Gasteiger charge is 2.16. The Kier molecular flexibility index (Phi) is 6.96. The number of fused-ring (bicyclic) bond motifs is 2. The van der Waals surface area contributed by atoms with Crippen molar-refractivity contribution in [3.63, 3.8) is 0 Å². The molecule has 166 valence electrons. The lowest BCUT2D eigenvalue weighted by Gasteiger charge is -2.10. The van der Waals surface area contributed by atoms with Crippen LogP contribution in [0.5, 0.6) is 11.5 Å². The van der Waals surface area contributed by atoms with Crippen molar-refractivity contribution in [1.82, 2.24) is 5.32 Å². The monoisotopic (exact) mass is 453 g/mol. The zero-order chi connectivity index (χ0) is 22.3. The average Bonchev–Trinajstić information content (AvgIpc) is 3.17. The van der Waals surface area contributed by atoms with E-state index in [0.29, 0.717) is 35.4 Å². The first kappa shape index (κ1) is 21.8. The number of para-hydroxylation sites is 2. The first-order valence-electron chi connectivity index (χ1n) is 10.2. The second kappa shape index (κ2) is 10.2. The maximum Gasteiger partial charge on any atom is 0.311 e. The zero-order valence-electron chi connectivity index (χ0n) is 17.6. The smallest absolute Gasteiger partial charge is 0.311 e. The average molecular weight is 454 g/mol. The van der Waals surface area contributed by atoms with E-state index in [9.17, 15) is 9.59 Å². The third-order valence-corrected chi connectivity index (χ3v) is 5.56. The number of anilines is 1. The Labute approximate surface area is 190 Å². The third kappa shape index (κ3) is 5.61. The van der Waals surface area contributed by atoms with Gasteiger partial charge in [0.25, 0.3) is 0 Å². The molecule has 2 aliphatic rings. The van der Waals surface area contributed by atoms with Crippen LogP contribution in [0.3, 0.4) is 0 Å². The summed E-state index contributed by atoms with van der Waals surface area (Å²) in [5.41, 5.74) is 3.13. The second-order valence-corrected chi connectivity index (χ2v) is 7.99. The molecule has 32 heavy (non-hydrogen) atoms. The van der Waals surface area contributed by atoms with Crippen molar-refractivity contribution < 1.29 is 23.8 Å². The molecule has 0 spiro atoms. The summed E-state index contributed by atoms with van der Waals surface area (Å²) in [6.07, 6.45) is 1.88. The molecular formula is C23H23N3O5S. The highest BCUT2D eigenvalue weighted by molar-refractivity contribution is 8.14. The first-order chi connectivity index (χ1) is 15.6. The van der Waals surface area contributed by atoms with Gasteiger partial charge in [0.1, 0.15) is 0 Å². The van der Waals surface area contributed by atoms with Gasteiger partial charge in [-0.05, 0) is 42.8 Å². The number of aliphatic imine (C=N–C) groups is 1. The van der Waals surface area contributed by atoms with Crippen LogP contribution >= 0.6 is 11.8 Å². The van der Waals surface area contributed by atoms with Gasteiger partial charge in [-0.2, -0.15) is 0 Å². The summed E-state index contributed by atoms with van der Waals surface area (Å²) in [6, 6.07) is 13.1. The fraction of sp³-hybridized carbons (Fsp3) is 0.261. The largest absolute Gasteiger partial charge is 0.466 e. The van der Waals surface area contributed by atoms with Gasteiger partial charge in [0, 0.05) is 12.2 Å². The SMILES string of the molecule is CCOC(=O)CC1=CC(SCC(=O)NCc2ccc3c(c2)OCO3)=Nc2ccccc2N1. The number of amides is 1. The van der Waals surface area contributed by atoms with Gasteiger partial charge in [-0.15, -0.1) is 0 Å². The Balaban J connectivity index is 1.38. The van der Waals surface area contributed by atoms with Gasteiger partial charge in [-0.25, -0.2) is 4.99 Å². The summed E-state index contributed by atoms with van der Waals surface area (Å²) in [4.78, 5) is 29.0. The minimum atomic E-state index is -0.323. The summed E-state index contributed by atoms with van der Waals surface area (Å²) in [5.74, 6) is 1.14. The predicted octanol–water partition coefficient (Wildman–Crippen LogP) is 3.76. The van der Waals surface area contributed by atoms with Gasteiger partial charge in [-0.3, -0.25) is 9.59 Å². The number of esters is 1.